The highest BCUT2D eigenvalue weighted by atomic mass is 79.9. The second-order valence-electron chi connectivity index (χ2n) is 6.09. The van der Waals surface area contributed by atoms with Gasteiger partial charge in [-0.1, -0.05) is 26.2 Å². The van der Waals surface area contributed by atoms with E-state index in [1.807, 2.05) is 12.1 Å². The number of halogens is 1. The van der Waals surface area contributed by atoms with Crippen LogP contribution < -0.4 is 11.1 Å². The maximum atomic E-state index is 12.4. The first kappa shape index (κ1) is 16.3. The van der Waals surface area contributed by atoms with Crippen LogP contribution in [0, 0.1) is 11.8 Å². The van der Waals surface area contributed by atoms with Gasteiger partial charge in [0.1, 0.15) is 0 Å². The number of hydrogen-bond donors (Lipinski definition) is 2. The number of carbonyl (C=O) groups excluding carboxylic acids is 1. The normalized spacial score (nSPS) is 22.0. The Morgan fingerprint density at radius 3 is 2.71 bits per heavy atom. The van der Waals surface area contributed by atoms with Crippen LogP contribution in [0.3, 0.4) is 0 Å². The van der Waals surface area contributed by atoms with Crippen molar-refractivity contribution >= 4 is 33.2 Å². The lowest BCUT2D eigenvalue weighted by molar-refractivity contribution is -0.121. The summed E-state index contributed by atoms with van der Waals surface area (Å²) < 4.78 is 0.877. The zero-order valence-corrected chi connectivity index (χ0v) is 14.3. The predicted octanol–water partition coefficient (Wildman–Crippen LogP) is 4.97. The minimum absolute atomic E-state index is 0.134. The third kappa shape index (κ3) is 4.73. The fourth-order valence-electron chi connectivity index (χ4n) is 3.08. The number of rotatable bonds is 5. The molecule has 0 bridgehead atoms. The van der Waals surface area contributed by atoms with Crippen molar-refractivity contribution in [2.24, 2.45) is 11.8 Å². The second kappa shape index (κ2) is 7.83. The van der Waals surface area contributed by atoms with Crippen LogP contribution in [0.1, 0.15) is 51.9 Å². The number of nitrogens with two attached hydrogens (primary N) is 1. The van der Waals surface area contributed by atoms with Gasteiger partial charge in [0, 0.05) is 16.1 Å². The number of hydrogen-bond acceptors (Lipinski definition) is 2. The van der Waals surface area contributed by atoms with Gasteiger partial charge in [-0.2, -0.15) is 0 Å². The first-order valence-corrected chi connectivity index (χ1v) is 8.75. The van der Waals surface area contributed by atoms with Crippen LogP contribution in [0.25, 0.3) is 0 Å². The zero-order valence-electron chi connectivity index (χ0n) is 12.7. The van der Waals surface area contributed by atoms with Crippen LogP contribution in [0.4, 0.5) is 11.4 Å². The van der Waals surface area contributed by atoms with E-state index in [4.69, 9.17) is 5.73 Å². The largest absolute Gasteiger partial charge is 0.399 e. The third-order valence-corrected chi connectivity index (χ3v) is 5.12. The van der Waals surface area contributed by atoms with Crippen molar-refractivity contribution in [1.29, 1.82) is 0 Å². The first-order chi connectivity index (χ1) is 10.1. The average Bonchev–Trinajstić information content (AvgIpc) is 2.49. The zero-order chi connectivity index (χ0) is 15.2. The van der Waals surface area contributed by atoms with Gasteiger partial charge in [0.05, 0.1) is 5.69 Å². The lowest BCUT2D eigenvalue weighted by Gasteiger charge is -2.27. The van der Waals surface area contributed by atoms with Crippen LogP contribution in [0.15, 0.2) is 22.7 Å². The summed E-state index contributed by atoms with van der Waals surface area (Å²) >= 11 is 3.45. The molecule has 1 aliphatic carbocycles. The Morgan fingerprint density at radius 2 is 2.05 bits per heavy atom. The van der Waals surface area contributed by atoms with E-state index in [1.54, 1.807) is 6.07 Å². The number of amides is 1. The number of unbranched alkanes of at least 4 members (excludes halogenated alkanes) is 1. The molecule has 0 aromatic heterocycles. The molecule has 3 N–H and O–H groups in total. The highest BCUT2D eigenvalue weighted by molar-refractivity contribution is 9.10. The molecule has 1 fully saturated rings. The third-order valence-electron chi connectivity index (χ3n) is 4.43. The van der Waals surface area contributed by atoms with E-state index in [-0.39, 0.29) is 11.8 Å². The highest BCUT2D eigenvalue weighted by Crippen LogP contribution is 2.33. The van der Waals surface area contributed by atoms with E-state index >= 15 is 0 Å². The molecule has 0 atom stereocenters. The maximum absolute atomic E-state index is 12.4. The van der Waals surface area contributed by atoms with Crippen LogP contribution in [0.5, 0.6) is 0 Å². The van der Waals surface area contributed by atoms with E-state index in [0.29, 0.717) is 5.69 Å². The number of nitrogens with one attached hydrogen (secondary N) is 1. The van der Waals surface area contributed by atoms with Crippen molar-refractivity contribution in [2.45, 2.75) is 51.9 Å². The summed E-state index contributed by atoms with van der Waals surface area (Å²) in [5.74, 6) is 1.11. The van der Waals surface area contributed by atoms with E-state index in [1.165, 1.54) is 32.1 Å². The Kier molecular flexibility index (Phi) is 6.09. The van der Waals surface area contributed by atoms with Gasteiger partial charge in [0.2, 0.25) is 5.91 Å². The van der Waals surface area contributed by atoms with Gasteiger partial charge in [0.15, 0.2) is 0 Å². The molecular formula is C17H25BrN2O. The highest BCUT2D eigenvalue weighted by Gasteiger charge is 2.26. The van der Waals surface area contributed by atoms with Gasteiger partial charge in [0.25, 0.3) is 0 Å². The van der Waals surface area contributed by atoms with Gasteiger partial charge in [-0.3, -0.25) is 4.79 Å². The Morgan fingerprint density at radius 1 is 1.33 bits per heavy atom. The molecule has 1 amide bonds. The molecule has 0 unspecified atom stereocenters. The van der Waals surface area contributed by atoms with Crippen molar-refractivity contribution in [3.63, 3.8) is 0 Å². The minimum Gasteiger partial charge on any atom is -0.399 e. The van der Waals surface area contributed by atoms with Crippen molar-refractivity contribution in [3.8, 4) is 0 Å². The fourth-order valence-corrected chi connectivity index (χ4v) is 3.43. The smallest absolute Gasteiger partial charge is 0.227 e. The molecule has 0 aliphatic heterocycles. The maximum Gasteiger partial charge on any atom is 0.227 e. The molecule has 21 heavy (non-hydrogen) atoms. The number of nitrogen functional groups attached to an aromatic ring is 1. The van der Waals surface area contributed by atoms with E-state index in [2.05, 4.69) is 28.2 Å². The van der Waals surface area contributed by atoms with Gasteiger partial charge in [-0.05, 0) is 65.7 Å². The fraction of sp³-hybridized carbons (Fsp3) is 0.588. The molecule has 0 saturated heterocycles. The summed E-state index contributed by atoms with van der Waals surface area (Å²) in [6.07, 6.45) is 8.32. The molecule has 3 nitrogen and oxygen atoms in total. The molecule has 1 aromatic rings. The molecule has 0 radical (unpaired) electrons. The van der Waals surface area contributed by atoms with Crippen LogP contribution >= 0.6 is 15.9 Å². The molecule has 1 aromatic carbocycles. The van der Waals surface area contributed by atoms with Gasteiger partial charge < -0.3 is 11.1 Å². The van der Waals surface area contributed by atoms with Gasteiger partial charge >= 0.3 is 0 Å². The predicted molar refractivity (Wildman–Crippen MR) is 92.2 cm³/mol. The first-order valence-electron chi connectivity index (χ1n) is 7.96. The number of anilines is 2. The number of benzene rings is 1. The summed E-state index contributed by atoms with van der Waals surface area (Å²) in [7, 11) is 0. The monoisotopic (exact) mass is 352 g/mol. The van der Waals surface area contributed by atoms with Crippen molar-refractivity contribution in [2.75, 3.05) is 11.1 Å². The molecule has 0 heterocycles. The van der Waals surface area contributed by atoms with Gasteiger partial charge in [-0.15, -0.1) is 0 Å². The average molecular weight is 353 g/mol. The molecule has 116 valence electrons. The van der Waals surface area contributed by atoms with E-state index < -0.39 is 0 Å². The summed E-state index contributed by atoms with van der Waals surface area (Å²) in [5, 5.41) is 3.01. The van der Waals surface area contributed by atoms with E-state index in [0.717, 1.165) is 28.9 Å². The Balaban J connectivity index is 1.86. The Hall–Kier alpha value is -1.03. The molecule has 4 heteroatoms. The molecule has 2 rings (SSSR count). The Labute approximate surface area is 135 Å². The van der Waals surface area contributed by atoms with Gasteiger partial charge in [-0.25, -0.2) is 0 Å². The van der Waals surface area contributed by atoms with Crippen molar-refractivity contribution < 1.29 is 4.79 Å². The van der Waals surface area contributed by atoms with Crippen LogP contribution in [-0.4, -0.2) is 5.91 Å². The van der Waals surface area contributed by atoms with Crippen LogP contribution in [-0.2, 0) is 4.79 Å². The topological polar surface area (TPSA) is 55.1 Å². The SMILES string of the molecule is CCCCC1CCC(C(=O)Nc2cc(N)ccc2Br)CC1. The summed E-state index contributed by atoms with van der Waals surface area (Å²) in [4.78, 5) is 12.4. The Bertz CT molecular complexity index is 482. The van der Waals surface area contributed by atoms with Crippen LogP contribution in [0.2, 0.25) is 0 Å². The number of carbonyl (C=O) groups is 1. The van der Waals surface area contributed by atoms with Crippen molar-refractivity contribution in [3.05, 3.63) is 22.7 Å². The molecular weight excluding hydrogens is 328 g/mol. The van der Waals surface area contributed by atoms with E-state index in [9.17, 15) is 4.79 Å². The summed E-state index contributed by atoms with van der Waals surface area (Å²) in [5.41, 5.74) is 7.21. The summed E-state index contributed by atoms with van der Waals surface area (Å²) in [6, 6.07) is 5.49. The second-order valence-corrected chi connectivity index (χ2v) is 6.94. The minimum atomic E-state index is 0.134. The standard InChI is InChI=1S/C17H25BrN2O/c1-2-3-4-12-5-7-13(8-6-12)17(21)20-16-11-14(19)9-10-15(16)18/h9-13H,2-8,19H2,1H3,(H,20,21). The quantitative estimate of drug-likeness (QED) is 0.735. The molecule has 0 spiro atoms. The lowest BCUT2D eigenvalue weighted by atomic mass is 9.79. The lowest BCUT2D eigenvalue weighted by Crippen LogP contribution is -2.27. The molecule has 1 saturated carbocycles. The van der Waals surface area contributed by atoms with Crippen molar-refractivity contribution in [1.82, 2.24) is 0 Å². The summed E-state index contributed by atoms with van der Waals surface area (Å²) in [6.45, 7) is 2.24. The molecule has 1 aliphatic rings.